The fourth-order valence-corrected chi connectivity index (χ4v) is 3.08. The van der Waals surface area contributed by atoms with Gasteiger partial charge in [0.2, 0.25) is 0 Å². The second kappa shape index (κ2) is 6.04. The lowest BCUT2D eigenvalue weighted by molar-refractivity contribution is -0.184. The minimum atomic E-state index is -1.72. The third kappa shape index (κ3) is 2.73. The lowest BCUT2D eigenvalue weighted by atomic mass is 9.85. The van der Waals surface area contributed by atoms with Crippen LogP contribution in [0, 0.1) is 5.92 Å². The fraction of sp³-hybridized carbons (Fsp3) is 0.800. The van der Waals surface area contributed by atoms with Gasteiger partial charge in [-0.2, -0.15) is 0 Å². The van der Waals surface area contributed by atoms with E-state index in [-0.39, 0.29) is 12.0 Å². The number of fused-ring (bicyclic) bond motifs is 1. The molecular weight excluding hydrogens is 274 g/mol. The summed E-state index contributed by atoms with van der Waals surface area (Å²) in [6.07, 6.45) is 1.25. The van der Waals surface area contributed by atoms with Gasteiger partial charge in [0.25, 0.3) is 0 Å². The standard InChI is InChI=1S/C15H25NO5/c1-9(2)15(19,10(3)20-4)14(18)21-12-6-8-16-7-5-11(17)13(12)16/h6,9-11,13,17,19H,5,7-8H2,1-4H3/t10-,11-,13-,15-/m1/s1. The Bertz CT molecular complexity index is 436. The number of esters is 1. The molecule has 21 heavy (non-hydrogen) atoms. The number of carbonyl (C=O) groups is 1. The van der Waals surface area contributed by atoms with Crippen LogP contribution >= 0.6 is 0 Å². The van der Waals surface area contributed by atoms with E-state index >= 15 is 0 Å². The molecule has 6 heteroatoms. The fourth-order valence-electron chi connectivity index (χ4n) is 3.08. The van der Waals surface area contributed by atoms with Gasteiger partial charge in [-0.25, -0.2) is 4.79 Å². The zero-order valence-electron chi connectivity index (χ0n) is 13.1. The van der Waals surface area contributed by atoms with E-state index in [0.717, 1.165) is 6.54 Å². The molecule has 0 amide bonds. The molecular formula is C15H25NO5. The summed E-state index contributed by atoms with van der Waals surface area (Å²) in [5.41, 5.74) is -1.72. The van der Waals surface area contributed by atoms with Crippen molar-refractivity contribution < 1.29 is 24.5 Å². The maximum Gasteiger partial charge on any atom is 0.346 e. The first-order valence-corrected chi connectivity index (χ1v) is 7.42. The Kier molecular flexibility index (Phi) is 4.72. The number of rotatable bonds is 5. The average molecular weight is 299 g/mol. The van der Waals surface area contributed by atoms with Crippen LogP contribution in [0.2, 0.25) is 0 Å². The van der Waals surface area contributed by atoms with E-state index in [1.165, 1.54) is 7.11 Å². The highest BCUT2D eigenvalue weighted by Crippen LogP contribution is 2.32. The molecule has 1 fully saturated rings. The molecule has 0 aromatic rings. The number of hydrogen-bond donors (Lipinski definition) is 2. The third-order valence-electron chi connectivity index (χ3n) is 4.68. The summed E-state index contributed by atoms with van der Waals surface area (Å²) in [7, 11) is 1.45. The van der Waals surface area contributed by atoms with Crippen LogP contribution in [0.3, 0.4) is 0 Å². The lowest BCUT2D eigenvalue weighted by Crippen LogP contribution is -2.54. The molecule has 0 unspecified atom stereocenters. The molecule has 2 heterocycles. The lowest BCUT2D eigenvalue weighted by Gasteiger charge is -2.34. The summed E-state index contributed by atoms with van der Waals surface area (Å²) in [6, 6.07) is -0.275. The number of methoxy groups -OCH3 is 1. The minimum Gasteiger partial charge on any atom is -0.427 e. The van der Waals surface area contributed by atoms with Crippen molar-refractivity contribution in [1.29, 1.82) is 0 Å². The van der Waals surface area contributed by atoms with Crippen molar-refractivity contribution in [2.45, 2.75) is 51.0 Å². The summed E-state index contributed by atoms with van der Waals surface area (Å²) in [6.45, 7) is 6.57. The van der Waals surface area contributed by atoms with Gasteiger partial charge in [-0.05, 0) is 25.3 Å². The molecule has 2 aliphatic rings. The first-order chi connectivity index (χ1) is 9.82. The van der Waals surface area contributed by atoms with Gasteiger partial charge in [0.05, 0.1) is 18.2 Å². The molecule has 6 nitrogen and oxygen atoms in total. The topological polar surface area (TPSA) is 79.2 Å². The summed E-state index contributed by atoms with van der Waals surface area (Å²) in [5, 5.41) is 20.7. The van der Waals surface area contributed by atoms with Crippen molar-refractivity contribution in [1.82, 2.24) is 4.90 Å². The highest BCUT2D eigenvalue weighted by atomic mass is 16.6. The van der Waals surface area contributed by atoms with Crippen molar-refractivity contribution in [3.63, 3.8) is 0 Å². The van der Waals surface area contributed by atoms with E-state index in [1.54, 1.807) is 26.8 Å². The molecule has 2 N–H and O–H groups in total. The SMILES string of the molecule is CO[C@H](C)[C@@](O)(C(=O)OC1=CCN2CC[C@@H](O)[C@H]12)C(C)C. The Morgan fingerprint density at radius 1 is 1.48 bits per heavy atom. The Balaban J connectivity index is 2.13. The molecule has 0 aromatic carbocycles. The van der Waals surface area contributed by atoms with Crippen LogP contribution in [-0.4, -0.2) is 65.1 Å². The normalized spacial score (nSPS) is 30.0. The van der Waals surface area contributed by atoms with E-state index in [4.69, 9.17) is 9.47 Å². The molecule has 0 aliphatic carbocycles. The Labute approximate surface area is 125 Å². The summed E-state index contributed by atoms with van der Waals surface area (Å²) < 4.78 is 10.6. The molecule has 2 rings (SSSR count). The molecule has 0 aromatic heterocycles. The maximum absolute atomic E-state index is 12.5. The van der Waals surface area contributed by atoms with Gasteiger partial charge >= 0.3 is 5.97 Å². The first-order valence-electron chi connectivity index (χ1n) is 7.42. The van der Waals surface area contributed by atoms with Crippen molar-refractivity contribution >= 4 is 5.97 Å². The van der Waals surface area contributed by atoms with Crippen molar-refractivity contribution in [3.8, 4) is 0 Å². The third-order valence-corrected chi connectivity index (χ3v) is 4.68. The van der Waals surface area contributed by atoms with Crippen LogP contribution < -0.4 is 0 Å². The van der Waals surface area contributed by atoms with E-state index in [9.17, 15) is 15.0 Å². The van der Waals surface area contributed by atoms with Crippen molar-refractivity contribution in [2.75, 3.05) is 20.2 Å². The highest BCUT2D eigenvalue weighted by molar-refractivity contribution is 5.81. The zero-order chi connectivity index (χ0) is 15.8. The van der Waals surface area contributed by atoms with E-state index < -0.39 is 23.8 Å². The number of aliphatic hydroxyl groups excluding tert-OH is 1. The van der Waals surface area contributed by atoms with Crippen LogP contribution in [0.4, 0.5) is 0 Å². The Morgan fingerprint density at radius 2 is 2.14 bits per heavy atom. The molecule has 2 aliphatic heterocycles. The zero-order valence-corrected chi connectivity index (χ0v) is 13.1. The molecule has 0 radical (unpaired) electrons. The predicted octanol–water partition coefficient (Wildman–Crippen LogP) is 0.284. The molecule has 0 bridgehead atoms. The molecule has 1 saturated heterocycles. The number of aliphatic hydroxyl groups is 2. The van der Waals surface area contributed by atoms with Gasteiger partial charge < -0.3 is 19.7 Å². The van der Waals surface area contributed by atoms with Crippen LogP contribution in [0.25, 0.3) is 0 Å². The van der Waals surface area contributed by atoms with Gasteiger partial charge in [0.15, 0.2) is 5.60 Å². The number of carbonyl (C=O) groups excluding carboxylic acids is 1. The first kappa shape index (κ1) is 16.4. The van der Waals surface area contributed by atoms with E-state index in [2.05, 4.69) is 4.90 Å². The van der Waals surface area contributed by atoms with Gasteiger partial charge in [-0.1, -0.05) is 13.8 Å². The summed E-state index contributed by atoms with van der Waals surface area (Å²) >= 11 is 0. The molecule has 4 atom stereocenters. The smallest absolute Gasteiger partial charge is 0.346 e. The van der Waals surface area contributed by atoms with Crippen LogP contribution in [0.1, 0.15) is 27.2 Å². The highest BCUT2D eigenvalue weighted by Gasteiger charge is 2.49. The van der Waals surface area contributed by atoms with Gasteiger partial charge in [0.1, 0.15) is 5.76 Å². The van der Waals surface area contributed by atoms with Crippen molar-refractivity contribution in [2.24, 2.45) is 5.92 Å². The second-order valence-corrected chi connectivity index (χ2v) is 6.15. The minimum absolute atomic E-state index is 0.275. The number of ether oxygens (including phenoxy) is 2. The largest absolute Gasteiger partial charge is 0.427 e. The van der Waals surface area contributed by atoms with Crippen LogP contribution in [0.5, 0.6) is 0 Å². The number of nitrogens with zero attached hydrogens (tertiary/aromatic N) is 1. The summed E-state index contributed by atoms with van der Waals surface area (Å²) in [5.74, 6) is -0.641. The second-order valence-electron chi connectivity index (χ2n) is 6.15. The van der Waals surface area contributed by atoms with Gasteiger partial charge in [-0.15, -0.1) is 0 Å². The Hall–Kier alpha value is -0.950. The van der Waals surface area contributed by atoms with E-state index in [0.29, 0.717) is 18.7 Å². The quantitative estimate of drug-likeness (QED) is 0.710. The molecule has 0 saturated carbocycles. The Morgan fingerprint density at radius 3 is 2.71 bits per heavy atom. The average Bonchev–Trinajstić information content (AvgIpc) is 3.01. The van der Waals surface area contributed by atoms with E-state index in [1.807, 2.05) is 0 Å². The van der Waals surface area contributed by atoms with Gasteiger partial charge in [0, 0.05) is 20.2 Å². The van der Waals surface area contributed by atoms with Crippen LogP contribution in [0.15, 0.2) is 11.8 Å². The maximum atomic E-state index is 12.5. The predicted molar refractivity (Wildman–Crippen MR) is 76.4 cm³/mol. The monoisotopic (exact) mass is 299 g/mol. The van der Waals surface area contributed by atoms with Crippen molar-refractivity contribution in [3.05, 3.63) is 11.8 Å². The summed E-state index contributed by atoms with van der Waals surface area (Å²) in [4.78, 5) is 14.5. The molecule has 120 valence electrons. The van der Waals surface area contributed by atoms with Crippen LogP contribution in [-0.2, 0) is 14.3 Å². The number of hydrogen-bond acceptors (Lipinski definition) is 6. The van der Waals surface area contributed by atoms with Gasteiger partial charge in [-0.3, -0.25) is 4.90 Å². The molecule has 0 spiro atoms.